The molecule has 8 nitrogen and oxygen atoms in total. The molecule has 1 unspecified atom stereocenters. The van der Waals surface area contributed by atoms with Gasteiger partial charge in [-0.1, -0.05) is 42.5 Å². The second kappa shape index (κ2) is 11.1. The van der Waals surface area contributed by atoms with E-state index in [0.29, 0.717) is 31.1 Å². The van der Waals surface area contributed by atoms with Crippen LogP contribution in [0.2, 0.25) is 0 Å². The summed E-state index contributed by atoms with van der Waals surface area (Å²) in [7, 11) is 1.63. The van der Waals surface area contributed by atoms with Crippen LogP contribution in [-0.4, -0.2) is 55.0 Å². The Balaban J connectivity index is 1.40. The zero-order valence-electron chi connectivity index (χ0n) is 18.8. The Morgan fingerprint density at radius 3 is 2.64 bits per heavy atom. The van der Waals surface area contributed by atoms with Crippen LogP contribution in [0.25, 0.3) is 0 Å². The minimum atomic E-state index is -0.531. The van der Waals surface area contributed by atoms with Crippen LogP contribution in [0.1, 0.15) is 24.0 Å². The van der Waals surface area contributed by atoms with Gasteiger partial charge in [-0.2, -0.15) is 0 Å². The van der Waals surface area contributed by atoms with Crippen molar-refractivity contribution in [2.24, 2.45) is 0 Å². The highest BCUT2D eigenvalue weighted by Crippen LogP contribution is 2.31. The van der Waals surface area contributed by atoms with Crippen molar-refractivity contribution in [2.45, 2.75) is 38.1 Å². The molecule has 2 aliphatic rings. The van der Waals surface area contributed by atoms with Gasteiger partial charge < -0.3 is 30.0 Å². The number of likely N-dealkylation sites (tertiary alicyclic amines) is 1. The van der Waals surface area contributed by atoms with Gasteiger partial charge in [0.2, 0.25) is 12.7 Å². The lowest BCUT2D eigenvalue weighted by molar-refractivity contribution is -0.127. The van der Waals surface area contributed by atoms with Crippen LogP contribution in [-0.2, 0) is 27.4 Å². The first-order valence-electron chi connectivity index (χ1n) is 11.2. The Morgan fingerprint density at radius 1 is 1.18 bits per heavy atom. The number of aliphatic hydroxyl groups excluding tert-OH is 1. The van der Waals surface area contributed by atoms with Crippen molar-refractivity contribution in [2.75, 3.05) is 32.3 Å². The van der Waals surface area contributed by atoms with Crippen LogP contribution in [0, 0.1) is 0 Å². The molecule has 0 saturated carbocycles. The van der Waals surface area contributed by atoms with E-state index >= 15 is 0 Å². The van der Waals surface area contributed by atoms with Crippen LogP contribution in [0.3, 0.4) is 0 Å². The number of amides is 1. The number of benzene rings is 2. The molecule has 1 amide bonds. The maximum atomic E-state index is 13.2. The molecule has 2 heterocycles. The first-order chi connectivity index (χ1) is 16.2. The van der Waals surface area contributed by atoms with E-state index in [1.807, 2.05) is 48.5 Å². The van der Waals surface area contributed by atoms with Gasteiger partial charge in [-0.15, -0.1) is 0 Å². The number of nitrogens with zero attached hydrogens (tertiary/aromatic N) is 1. The van der Waals surface area contributed by atoms with Crippen molar-refractivity contribution < 1.29 is 24.1 Å². The topological polar surface area (TPSA) is 92.3 Å². The Morgan fingerprint density at radius 2 is 1.97 bits per heavy atom. The van der Waals surface area contributed by atoms with Crippen molar-refractivity contribution in [1.82, 2.24) is 10.2 Å². The van der Waals surface area contributed by atoms with Gasteiger partial charge in [0.1, 0.15) is 12.0 Å². The summed E-state index contributed by atoms with van der Waals surface area (Å²) in [6.07, 6.45) is 3.21. The van der Waals surface area contributed by atoms with E-state index < -0.39 is 6.04 Å². The molecular weight excluding hydrogens is 422 g/mol. The number of carbonyl (C=O) groups excluding carboxylic acids is 1. The maximum absolute atomic E-state index is 13.2. The third-order valence-corrected chi connectivity index (χ3v) is 6.07. The lowest BCUT2D eigenvalue weighted by atomic mass is 10.0. The minimum Gasteiger partial charge on any atom is -0.495 e. The largest absolute Gasteiger partial charge is 0.495 e. The van der Waals surface area contributed by atoms with E-state index in [1.165, 1.54) is 0 Å². The van der Waals surface area contributed by atoms with Crippen LogP contribution in [0.5, 0.6) is 5.75 Å². The summed E-state index contributed by atoms with van der Waals surface area (Å²) < 4.78 is 16.3. The summed E-state index contributed by atoms with van der Waals surface area (Å²) in [5, 5.41) is 16.3. The predicted octanol–water partition coefficient (Wildman–Crippen LogP) is 2.59. The molecule has 0 radical (unpaired) electrons. The van der Waals surface area contributed by atoms with Crippen molar-refractivity contribution in [3.8, 4) is 5.75 Å². The fourth-order valence-corrected chi connectivity index (χ4v) is 4.30. The Hall–Kier alpha value is -3.23. The van der Waals surface area contributed by atoms with Crippen molar-refractivity contribution in [3.05, 3.63) is 71.7 Å². The normalized spacial score (nSPS) is 17.5. The average molecular weight is 454 g/mol. The van der Waals surface area contributed by atoms with Crippen LogP contribution in [0.4, 0.5) is 5.69 Å². The number of anilines is 1. The summed E-state index contributed by atoms with van der Waals surface area (Å²) in [6.45, 7) is 1.96. The van der Waals surface area contributed by atoms with Crippen LogP contribution < -0.4 is 15.4 Å². The third-order valence-electron chi connectivity index (χ3n) is 6.07. The molecule has 2 aromatic carbocycles. The third kappa shape index (κ3) is 5.58. The maximum Gasteiger partial charge on any atom is 0.245 e. The van der Waals surface area contributed by atoms with Crippen LogP contribution >= 0.6 is 0 Å². The molecular formula is C25H31N3O5. The summed E-state index contributed by atoms with van der Waals surface area (Å²) in [6, 6.07) is 15.1. The summed E-state index contributed by atoms with van der Waals surface area (Å²) in [5.41, 5.74) is 2.67. The number of carbonyl (C=O) groups is 1. The van der Waals surface area contributed by atoms with Gasteiger partial charge in [-0.3, -0.25) is 9.69 Å². The molecule has 1 atom stereocenters. The molecule has 176 valence electrons. The zero-order chi connectivity index (χ0) is 23.0. The lowest BCUT2D eigenvalue weighted by Crippen LogP contribution is -2.52. The quantitative estimate of drug-likeness (QED) is 0.538. The number of rotatable bonds is 9. The molecule has 2 aliphatic heterocycles. The van der Waals surface area contributed by atoms with Gasteiger partial charge in [-0.05, 0) is 24.5 Å². The molecule has 3 N–H and O–H groups in total. The second-order valence-electron chi connectivity index (χ2n) is 8.16. The van der Waals surface area contributed by atoms with E-state index in [1.54, 1.807) is 13.4 Å². The fourth-order valence-electron chi connectivity index (χ4n) is 4.30. The van der Waals surface area contributed by atoms with Gasteiger partial charge in [0.05, 0.1) is 19.4 Å². The standard InChI is InChI=1S/C25H31N3O5/c1-31-21-9-5-8-19(15-29)23(21)27-20-10-12-28(13-11-20)24(22-16-32-17-33-22)25(30)26-14-18-6-3-2-4-7-18/h2-9,16,20,24,27,29H,10-15,17H2,1H3,(H,26,30). The molecule has 0 aliphatic carbocycles. The number of methoxy groups -OCH3 is 1. The highest BCUT2D eigenvalue weighted by molar-refractivity contribution is 5.84. The number of hydrogen-bond acceptors (Lipinski definition) is 7. The number of para-hydroxylation sites is 1. The Bertz CT molecular complexity index is 936. The molecule has 8 heteroatoms. The molecule has 33 heavy (non-hydrogen) atoms. The molecule has 0 bridgehead atoms. The van der Waals surface area contributed by atoms with Gasteiger partial charge in [0, 0.05) is 31.2 Å². The summed E-state index contributed by atoms with van der Waals surface area (Å²) >= 11 is 0. The van der Waals surface area contributed by atoms with E-state index in [0.717, 1.165) is 29.7 Å². The van der Waals surface area contributed by atoms with Crippen molar-refractivity contribution in [3.63, 3.8) is 0 Å². The predicted molar refractivity (Wildman–Crippen MR) is 124 cm³/mol. The minimum absolute atomic E-state index is 0.0620. The second-order valence-corrected chi connectivity index (χ2v) is 8.16. The molecule has 1 fully saturated rings. The first-order valence-corrected chi connectivity index (χ1v) is 11.2. The van der Waals surface area contributed by atoms with Crippen molar-refractivity contribution in [1.29, 1.82) is 0 Å². The first kappa shape index (κ1) is 22.9. The molecule has 4 rings (SSSR count). The average Bonchev–Trinajstić information content (AvgIpc) is 3.39. The SMILES string of the molecule is COc1cccc(CO)c1NC1CCN(C(C(=O)NCc2ccccc2)C2=COCO2)CC1. The smallest absolute Gasteiger partial charge is 0.245 e. The van der Waals surface area contributed by atoms with Crippen LogP contribution in [0.15, 0.2) is 60.6 Å². The van der Waals surface area contributed by atoms with E-state index in [-0.39, 0.29) is 25.3 Å². The Kier molecular flexibility index (Phi) is 7.70. The molecule has 0 aromatic heterocycles. The molecule has 0 spiro atoms. The monoisotopic (exact) mass is 453 g/mol. The molecule has 1 saturated heterocycles. The highest BCUT2D eigenvalue weighted by atomic mass is 16.7. The molecule has 2 aromatic rings. The number of hydrogen-bond donors (Lipinski definition) is 3. The van der Waals surface area contributed by atoms with E-state index in [4.69, 9.17) is 14.2 Å². The van der Waals surface area contributed by atoms with Gasteiger partial charge in [0.15, 0.2) is 11.8 Å². The van der Waals surface area contributed by atoms with Crippen molar-refractivity contribution >= 4 is 11.6 Å². The number of nitrogens with one attached hydrogen (secondary N) is 2. The summed E-state index contributed by atoms with van der Waals surface area (Å²) in [4.78, 5) is 15.3. The number of piperidine rings is 1. The van der Waals surface area contributed by atoms with Gasteiger partial charge >= 0.3 is 0 Å². The summed E-state index contributed by atoms with van der Waals surface area (Å²) in [5.74, 6) is 1.15. The zero-order valence-corrected chi connectivity index (χ0v) is 18.8. The lowest BCUT2D eigenvalue weighted by Gasteiger charge is -2.37. The van der Waals surface area contributed by atoms with Gasteiger partial charge in [-0.25, -0.2) is 0 Å². The highest BCUT2D eigenvalue weighted by Gasteiger charge is 2.35. The van der Waals surface area contributed by atoms with E-state index in [9.17, 15) is 9.90 Å². The van der Waals surface area contributed by atoms with Gasteiger partial charge in [0.25, 0.3) is 0 Å². The number of aliphatic hydroxyl groups is 1. The van der Waals surface area contributed by atoms with E-state index in [2.05, 4.69) is 15.5 Å². The number of ether oxygens (including phenoxy) is 3. The fraction of sp³-hybridized carbons (Fsp3) is 0.400. The Labute approximate surface area is 194 Å².